The van der Waals surface area contributed by atoms with Crippen molar-refractivity contribution in [2.24, 2.45) is 0 Å². The first-order valence-electron chi connectivity index (χ1n) is 8.36. The second kappa shape index (κ2) is 8.62. The van der Waals surface area contributed by atoms with Crippen molar-refractivity contribution in [2.75, 3.05) is 19.1 Å². The summed E-state index contributed by atoms with van der Waals surface area (Å²) >= 11 is 0. The SMILES string of the molecule is COC(OC)[SiH2]c1ccc(N(c2ccccc2)c2ccccc2)cc1. The highest BCUT2D eigenvalue weighted by Gasteiger charge is 2.13. The topological polar surface area (TPSA) is 21.7 Å². The molecular weight excluding hydrogens is 326 g/mol. The largest absolute Gasteiger partial charge is 0.360 e. The fourth-order valence-electron chi connectivity index (χ4n) is 2.84. The number of benzene rings is 3. The Bertz CT molecular complexity index is 719. The summed E-state index contributed by atoms with van der Waals surface area (Å²) in [4.78, 5) is 2.26. The highest BCUT2D eigenvalue weighted by molar-refractivity contribution is 6.54. The molecule has 0 spiro atoms. The van der Waals surface area contributed by atoms with Crippen LogP contribution in [0, 0.1) is 0 Å². The van der Waals surface area contributed by atoms with E-state index in [-0.39, 0.29) is 5.91 Å². The molecular formula is C21H23NO2Si. The molecule has 128 valence electrons. The molecule has 4 heteroatoms. The number of anilines is 3. The maximum atomic E-state index is 5.35. The van der Waals surface area contributed by atoms with Crippen LogP contribution in [0.25, 0.3) is 0 Å². The van der Waals surface area contributed by atoms with Crippen LogP contribution in [0.15, 0.2) is 84.9 Å². The van der Waals surface area contributed by atoms with Crippen molar-refractivity contribution in [3.63, 3.8) is 0 Å². The number of hydrogen-bond acceptors (Lipinski definition) is 3. The first kappa shape index (κ1) is 17.4. The van der Waals surface area contributed by atoms with Crippen molar-refractivity contribution < 1.29 is 9.47 Å². The quantitative estimate of drug-likeness (QED) is 0.481. The molecule has 0 amide bonds. The van der Waals surface area contributed by atoms with Crippen LogP contribution in [0.4, 0.5) is 17.1 Å². The minimum absolute atomic E-state index is 0.0785. The molecule has 3 aromatic rings. The molecule has 0 saturated heterocycles. The van der Waals surface area contributed by atoms with E-state index in [0.717, 1.165) is 17.1 Å². The fourth-order valence-corrected chi connectivity index (χ4v) is 4.06. The second-order valence-corrected chi connectivity index (χ2v) is 7.67. The zero-order valence-corrected chi connectivity index (χ0v) is 16.0. The zero-order valence-electron chi connectivity index (χ0n) is 14.6. The van der Waals surface area contributed by atoms with Crippen molar-refractivity contribution in [1.29, 1.82) is 0 Å². The summed E-state index contributed by atoms with van der Waals surface area (Å²) in [6, 6.07) is 29.6. The summed E-state index contributed by atoms with van der Waals surface area (Å²) < 4.78 is 10.7. The second-order valence-electron chi connectivity index (χ2n) is 5.78. The lowest BCUT2D eigenvalue weighted by molar-refractivity contribution is -0.0429. The summed E-state index contributed by atoms with van der Waals surface area (Å²) in [5.41, 5.74) is 3.43. The van der Waals surface area contributed by atoms with Crippen LogP contribution in [0.3, 0.4) is 0 Å². The van der Waals surface area contributed by atoms with Gasteiger partial charge in [-0.2, -0.15) is 0 Å². The van der Waals surface area contributed by atoms with Crippen LogP contribution in [0.2, 0.25) is 0 Å². The van der Waals surface area contributed by atoms with Gasteiger partial charge in [-0.1, -0.05) is 53.7 Å². The molecule has 0 aliphatic carbocycles. The molecule has 3 rings (SSSR count). The van der Waals surface area contributed by atoms with Crippen LogP contribution in [0.5, 0.6) is 0 Å². The van der Waals surface area contributed by atoms with E-state index in [1.54, 1.807) is 14.2 Å². The monoisotopic (exact) mass is 349 g/mol. The molecule has 0 N–H and O–H groups in total. The number of nitrogens with zero attached hydrogens (tertiary/aromatic N) is 1. The number of ether oxygens (including phenoxy) is 2. The Hall–Kier alpha value is -2.40. The molecule has 0 bridgehead atoms. The molecule has 0 saturated carbocycles. The summed E-state index contributed by atoms with van der Waals surface area (Å²) in [5.74, 6) is -0.0785. The van der Waals surface area contributed by atoms with E-state index < -0.39 is 9.52 Å². The Morgan fingerprint density at radius 1 is 0.640 bits per heavy atom. The molecule has 0 atom stereocenters. The van der Waals surface area contributed by atoms with Crippen LogP contribution in [0.1, 0.15) is 0 Å². The Labute approximate surface area is 151 Å². The van der Waals surface area contributed by atoms with Gasteiger partial charge in [-0.3, -0.25) is 0 Å². The number of para-hydroxylation sites is 2. The van der Waals surface area contributed by atoms with E-state index in [9.17, 15) is 0 Å². The Morgan fingerprint density at radius 2 is 1.08 bits per heavy atom. The minimum Gasteiger partial charge on any atom is -0.360 e. The molecule has 25 heavy (non-hydrogen) atoms. The van der Waals surface area contributed by atoms with E-state index in [1.807, 2.05) is 12.1 Å². The van der Waals surface area contributed by atoms with Crippen molar-refractivity contribution in [3.8, 4) is 0 Å². The van der Waals surface area contributed by atoms with E-state index in [1.165, 1.54) is 5.19 Å². The summed E-state index contributed by atoms with van der Waals surface area (Å²) in [7, 11) is 2.77. The Morgan fingerprint density at radius 3 is 1.52 bits per heavy atom. The average Bonchev–Trinajstić information content (AvgIpc) is 2.69. The molecule has 0 fully saturated rings. The summed E-state index contributed by atoms with van der Waals surface area (Å²) in [5, 5.41) is 1.32. The maximum Gasteiger partial charge on any atom is 0.139 e. The van der Waals surface area contributed by atoms with E-state index in [4.69, 9.17) is 9.47 Å². The van der Waals surface area contributed by atoms with Crippen molar-refractivity contribution in [1.82, 2.24) is 0 Å². The van der Waals surface area contributed by atoms with Gasteiger partial charge in [0.15, 0.2) is 0 Å². The Balaban J connectivity index is 1.92. The predicted octanol–water partition coefficient (Wildman–Crippen LogP) is 3.53. The van der Waals surface area contributed by atoms with Gasteiger partial charge in [-0.05, 0) is 36.4 Å². The first-order valence-corrected chi connectivity index (χ1v) is 9.89. The Kier molecular flexibility index (Phi) is 6.01. The van der Waals surface area contributed by atoms with Crippen LogP contribution in [-0.4, -0.2) is 29.7 Å². The van der Waals surface area contributed by atoms with Crippen LogP contribution in [-0.2, 0) is 9.47 Å². The lowest BCUT2D eigenvalue weighted by Crippen LogP contribution is -2.31. The number of methoxy groups -OCH3 is 2. The molecule has 0 aliphatic rings. The van der Waals surface area contributed by atoms with Gasteiger partial charge in [0.05, 0.1) is 0 Å². The third kappa shape index (κ3) is 4.36. The minimum atomic E-state index is -0.627. The standard InChI is InChI=1S/C21H23NO2Si/c1-23-21(24-2)25-20-15-13-19(14-16-20)22(17-9-5-3-6-10-17)18-11-7-4-8-12-18/h3-16,21H,25H2,1-2H3. The van der Waals surface area contributed by atoms with Gasteiger partial charge in [0, 0.05) is 31.3 Å². The lowest BCUT2D eigenvalue weighted by atomic mass is 10.2. The molecule has 0 radical (unpaired) electrons. The third-order valence-corrected chi connectivity index (χ3v) is 6.09. The smallest absolute Gasteiger partial charge is 0.139 e. The average molecular weight is 350 g/mol. The number of hydrogen-bond donors (Lipinski definition) is 0. The van der Waals surface area contributed by atoms with E-state index >= 15 is 0 Å². The highest BCUT2D eigenvalue weighted by Crippen LogP contribution is 2.33. The van der Waals surface area contributed by atoms with Gasteiger partial charge in [-0.25, -0.2) is 0 Å². The summed E-state index contributed by atoms with van der Waals surface area (Å²) in [6.45, 7) is 0. The highest BCUT2D eigenvalue weighted by atomic mass is 28.2. The molecule has 0 aromatic heterocycles. The summed E-state index contributed by atoms with van der Waals surface area (Å²) in [6.07, 6.45) is 0. The maximum absolute atomic E-state index is 5.35. The van der Waals surface area contributed by atoms with Crippen LogP contribution >= 0.6 is 0 Å². The fraction of sp³-hybridized carbons (Fsp3) is 0.143. The van der Waals surface area contributed by atoms with Crippen LogP contribution < -0.4 is 10.1 Å². The third-order valence-electron chi connectivity index (χ3n) is 4.15. The van der Waals surface area contributed by atoms with Gasteiger partial charge < -0.3 is 14.4 Å². The van der Waals surface area contributed by atoms with Gasteiger partial charge >= 0.3 is 0 Å². The van der Waals surface area contributed by atoms with Crippen molar-refractivity contribution in [3.05, 3.63) is 84.9 Å². The lowest BCUT2D eigenvalue weighted by Gasteiger charge is -2.25. The molecule has 3 aromatic carbocycles. The van der Waals surface area contributed by atoms with Gasteiger partial charge in [0.25, 0.3) is 0 Å². The van der Waals surface area contributed by atoms with E-state index in [2.05, 4.69) is 77.7 Å². The molecule has 0 unspecified atom stereocenters. The normalized spacial score (nSPS) is 11.3. The molecule has 0 heterocycles. The van der Waals surface area contributed by atoms with Crippen molar-refractivity contribution >= 4 is 31.8 Å². The van der Waals surface area contributed by atoms with Crippen molar-refractivity contribution in [2.45, 2.75) is 5.91 Å². The van der Waals surface area contributed by atoms with Gasteiger partial charge in [0.2, 0.25) is 0 Å². The number of rotatable bonds is 7. The molecule has 3 nitrogen and oxygen atoms in total. The van der Waals surface area contributed by atoms with Gasteiger partial charge in [0.1, 0.15) is 15.4 Å². The zero-order chi connectivity index (χ0) is 17.5. The predicted molar refractivity (Wildman–Crippen MR) is 107 cm³/mol. The van der Waals surface area contributed by atoms with E-state index in [0.29, 0.717) is 0 Å². The molecule has 0 aliphatic heterocycles. The van der Waals surface area contributed by atoms with Gasteiger partial charge in [-0.15, -0.1) is 0 Å². The first-order chi connectivity index (χ1) is 12.3.